The van der Waals surface area contributed by atoms with Crippen LogP contribution in [0.15, 0.2) is 65.0 Å². The Morgan fingerprint density at radius 3 is 2.41 bits per heavy atom. The molecule has 1 amide bonds. The molecule has 1 aromatic carbocycles. The van der Waals surface area contributed by atoms with Gasteiger partial charge in [-0.15, -0.1) is 11.3 Å². The van der Waals surface area contributed by atoms with E-state index < -0.39 is 10.0 Å². The molecule has 27 heavy (non-hydrogen) atoms. The number of sulfonamides is 1. The Morgan fingerprint density at radius 1 is 1.11 bits per heavy atom. The largest absolute Gasteiger partial charge is 0.353 e. The van der Waals surface area contributed by atoms with E-state index >= 15 is 0 Å². The van der Waals surface area contributed by atoms with Gasteiger partial charge in [-0.25, -0.2) is 8.42 Å². The van der Waals surface area contributed by atoms with Gasteiger partial charge in [0.05, 0.1) is 11.4 Å². The summed E-state index contributed by atoms with van der Waals surface area (Å²) in [5, 5.41) is 4.58. The van der Waals surface area contributed by atoms with Crippen molar-refractivity contribution in [2.24, 2.45) is 7.05 Å². The van der Waals surface area contributed by atoms with Crippen molar-refractivity contribution in [3.05, 3.63) is 70.7 Å². The van der Waals surface area contributed by atoms with E-state index in [4.69, 9.17) is 0 Å². The number of nitrogens with zero attached hydrogens (tertiary/aromatic N) is 2. The number of aryl methyl sites for hydroxylation is 1. The van der Waals surface area contributed by atoms with Crippen LogP contribution in [-0.4, -0.2) is 23.2 Å². The molecule has 0 fully saturated rings. The van der Waals surface area contributed by atoms with E-state index in [1.807, 2.05) is 47.5 Å². The molecule has 0 atom stereocenters. The lowest BCUT2D eigenvalue weighted by Crippen LogP contribution is -2.30. The molecule has 142 valence electrons. The number of rotatable bonds is 7. The van der Waals surface area contributed by atoms with Crippen LogP contribution in [0.5, 0.6) is 0 Å². The maximum Gasteiger partial charge on any atom is 0.243 e. The van der Waals surface area contributed by atoms with Crippen molar-refractivity contribution >= 4 is 33.0 Å². The highest BCUT2D eigenvalue weighted by atomic mass is 32.2. The first-order chi connectivity index (χ1) is 12.9. The van der Waals surface area contributed by atoms with Gasteiger partial charge in [-0.05, 0) is 47.8 Å². The minimum atomic E-state index is -3.70. The van der Waals surface area contributed by atoms with Crippen molar-refractivity contribution in [3.8, 4) is 0 Å². The normalized spacial score (nSPS) is 11.7. The number of amides is 1. The molecule has 2 aromatic heterocycles. The highest BCUT2D eigenvalue weighted by molar-refractivity contribution is 7.89. The summed E-state index contributed by atoms with van der Waals surface area (Å²) in [6.07, 6.45) is 1.90. The van der Waals surface area contributed by atoms with Crippen LogP contribution in [0.25, 0.3) is 0 Å². The van der Waals surface area contributed by atoms with Crippen molar-refractivity contribution in [1.82, 2.24) is 8.87 Å². The van der Waals surface area contributed by atoms with E-state index in [0.29, 0.717) is 12.2 Å². The predicted octanol–water partition coefficient (Wildman–Crippen LogP) is 3.44. The quantitative estimate of drug-likeness (QED) is 0.657. The molecule has 0 spiro atoms. The molecular formula is C19H21N3O3S2. The van der Waals surface area contributed by atoms with E-state index in [9.17, 15) is 13.2 Å². The topological polar surface area (TPSA) is 71.4 Å². The smallest absolute Gasteiger partial charge is 0.243 e. The third-order valence-electron chi connectivity index (χ3n) is 4.11. The number of benzene rings is 1. The number of aromatic nitrogens is 1. The van der Waals surface area contributed by atoms with Gasteiger partial charge in [-0.2, -0.15) is 4.31 Å². The van der Waals surface area contributed by atoms with Crippen LogP contribution in [0.4, 0.5) is 5.69 Å². The molecule has 6 nitrogen and oxygen atoms in total. The molecule has 3 rings (SSSR count). The number of thiophene rings is 1. The lowest BCUT2D eigenvalue weighted by Gasteiger charge is -2.22. The fourth-order valence-electron chi connectivity index (χ4n) is 2.71. The summed E-state index contributed by atoms with van der Waals surface area (Å²) in [5.74, 6) is -0.200. The second kappa shape index (κ2) is 8.08. The van der Waals surface area contributed by atoms with Gasteiger partial charge in [-0.3, -0.25) is 4.79 Å². The first-order valence-corrected chi connectivity index (χ1v) is 10.7. The van der Waals surface area contributed by atoms with Crippen LogP contribution < -0.4 is 5.32 Å². The van der Waals surface area contributed by atoms with E-state index in [1.165, 1.54) is 34.7 Å². The first-order valence-electron chi connectivity index (χ1n) is 8.36. The Bertz CT molecular complexity index is 1010. The van der Waals surface area contributed by atoms with E-state index in [0.717, 1.165) is 10.6 Å². The number of hydrogen-bond donors (Lipinski definition) is 1. The second-order valence-electron chi connectivity index (χ2n) is 6.17. The van der Waals surface area contributed by atoms with E-state index in [1.54, 1.807) is 12.1 Å². The van der Waals surface area contributed by atoms with Crippen molar-refractivity contribution in [2.45, 2.75) is 24.9 Å². The van der Waals surface area contributed by atoms with Crippen molar-refractivity contribution in [1.29, 1.82) is 0 Å². The minimum Gasteiger partial charge on any atom is -0.353 e. The Balaban J connectivity index is 1.91. The molecule has 3 aromatic rings. The SMILES string of the molecule is CC(=O)Nc1ccc(S(=O)(=O)N(Cc2cccs2)Cc2cccn2C)cc1. The molecule has 0 bridgehead atoms. The molecule has 2 heterocycles. The Labute approximate surface area is 163 Å². The van der Waals surface area contributed by atoms with Gasteiger partial charge >= 0.3 is 0 Å². The summed E-state index contributed by atoms with van der Waals surface area (Å²) in [6, 6.07) is 13.9. The summed E-state index contributed by atoms with van der Waals surface area (Å²) < 4.78 is 29.9. The molecule has 0 aliphatic carbocycles. The molecule has 0 aliphatic rings. The minimum absolute atomic E-state index is 0.197. The van der Waals surface area contributed by atoms with Gasteiger partial charge in [0.2, 0.25) is 15.9 Å². The maximum absolute atomic E-state index is 13.3. The standard InChI is InChI=1S/C19H21N3O3S2/c1-15(23)20-16-7-9-19(10-8-16)27(24,25)22(14-18-6-4-12-26-18)13-17-5-3-11-21(17)2/h3-12H,13-14H2,1-2H3,(H,20,23). The summed E-state index contributed by atoms with van der Waals surface area (Å²) in [6.45, 7) is 1.99. The Morgan fingerprint density at radius 2 is 1.85 bits per heavy atom. The van der Waals surface area contributed by atoms with Crippen molar-refractivity contribution < 1.29 is 13.2 Å². The lowest BCUT2D eigenvalue weighted by molar-refractivity contribution is -0.114. The average Bonchev–Trinajstić information content (AvgIpc) is 3.26. The van der Waals surface area contributed by atoms with Crippen molar-refractivity contribution in [2.75, 3.05) is 5.32 Å². The molecular weight excluding hydrogens is 382 g/mol. The molecule has 1 N–H and O–H groups in total. The lowest BCUT2D eigenvalue weighted by atomic mass is 10.3. The average molecular weight is 404 g/mol. The zero-order chi connectivity index (χ0) is 19.4. The Hall–Kier alpha value is -2.42. The number of carbonyl (C=O) groups excluding carboxylic acids is 1. The van der Waals surface area contributed by atoms with Crippen LogP contribution in [0.2, 0.25) is 0 Å². The van der Waals surface area contributed by atoms with Gasteiger partial charge in [0, 0.05) is 43.0 Å². The van der Waals surface area contributed by atoms with Gasteiger partial charge in [0.25, 0.3) is 0 Å². The third kappa shape index (κ3) is 4.65. The van der Waals surface area contributed by atoms with Crippen LogP contribution in [0, 0.1) is 0 Å². The molecule has 0 saturated carbocycles. The van der Waals surface area contributed by atoms with Crippen molar-refractivity contribution in [3.63, 3.8) is 0 Å². The van der Waals surface area contributed by atoms with E-state index in [-0.39, 0.29) is 17.3 Å². The number of hydrogen-bond acceptors (Lipinski definition) is 4. The predicted molar refractivity (Wildman–Crippen MR) is 107 cm³/mol. The second-order valence-corrected chi connectivity index (χ2v) is 9.14. The van der Waals surface area contributed by atoms with Gasteiger partial charge in [0.15, 0.2) is 0 Å². The van der Waals surface area contributed by atoms with E-state index in [2.05, 4.69) is 5.32 Å². The van der Waals surface area contributed by atoms with Gasteiger partial charge in [0.1, 0.15) is 0 Å². The third-order valence-corrected chi connectivity index (χ3v) is 6.78. The Kier molecular flexibility index (Phi) is 5.79. The summed E-state index contributed by atoms with van der Waals surface area (Å²) in [4.78, 5) is 12.3. The monoisotopic (exact) mass is 403 g/mol. The highest BCUT2D eigenvalue weighted by Crippen LogP contribution is 2.24. The number of nitrogens with one attached hydrogen (secondary N) is 1. The number of anilines is 1. The molecule has 0 radical (unpaired) electrons. The van der Waals surface area contributed by atoms with Crippen LogP contribution in [0.1, 0.15) is 17.5 Å². The molecule has 0 aliphatic heterocycles. The maximum atomic E-state index is 13.3. The summed E-state index contributed by atoms with van der Waals surface area (Å²) in [5.41, 5.74) is 1.47. The summed E-state index contributed by atoms with van der Waals surface area (Å²) >= 11 is 1.53. The van der Waals surface area contributed by atoms with Gasteiger partial charge < -0.3 is 9.88 Å². The van der Waals surface area contributed by atoms with Crippen LogP contribution in [0.3, 0.4) is 0 Å². The first kappa shape index (κ1) is 19.3. The summed E-state index contributed by atoms with van der Waals surface area (Å²) in [7, 11) is -1.80. The molecule has 0 unspecified atom stereocenters. The molecule has 8 heteroatoms. The zero-order valence-corrected chi connectivity index (χ0v) is 16.8. The van der Waals surface area contributed by atoms with Gasteiger partial charge in [-0.1, -0.05) is 6.07 Å². The van der Waals surface area contributed by atoms with Crippen LogP contribution in [-0.2, 0) is 35.0 Å². The fraction of sp³-hybridized carbons (Fsp3) is 0.211. The highest BCUT2D eigenvalue weighted by Gasteiger charge is 2.26. The zero-order valence-electron chi connectivity index (χ0n) is 15.1. The van der Waals surface area contributed by atoms with Crippen LogP contribution >= 0.6 is 11.3 Å². The molecule has 0 saturated heterocycles. The fourth-order valence-corrected chi connectivity index (χ4v) is 4.90. The number of carbonyl (C=O) groups is 1.